The van der Waals surface area contributed by atoms with Gasteiger partial charge in [0.2, 0.25) is 0 Å². The number of benzene rings is 3. The van der Waals surface area contributed by atoms with E-state index in [0.717, 1.165) is 21.9 Å². The Morgan fingerprint density at radius 3 is 2.18 bits per heavy atom. The molecule has 0 bridgehead atoms. The Labute approximate surface area is 199 Å². The minimum absolute atomic E-state index is 0.159. The zero-order chi connectivity index (χ0) is 23.8. The highest BCUT2D eigenvalue weighted by Crippen LogP contribution is 2.34. The first-order valence-corrected chi connectivity index (χ1v) is 10.8. The third-order valence-electron chi connectivity index (χ3n) is 5.38. The molecule has 0 saturated heterocycles. The number of hydrogen-bond donors (Lipinski definition) is 0. The second-order valence-electron chi connectivity index (χ2n) is 7.56. The zero-order valence-electron chi connectivity index (χ0n) is 17.8. The largest absolute Gasteiger partial charge is 0.487 e. The first kappa shape index (κ1) is 23.2. The molecular formula is C25H19Cl2F3N2O. The van der Waals surface area contributed by atoms with E-state index in [-0.39, 0.29) is 28.0 Å². The summed E-state index contributed by atoms with van der Waals surface area (Å²) in [5.74, 6) is 0.510. The van der Waals surface area contributed by atoms with Gasteiger partial charge in [0.25, 0.3) is 0 Å². The lowest BCUT2D eigenvalue weighted by Gasteiger charge is -2.13. The van der Waals surface area contributed by atoms with Crippen molar-refractivity contribution in [2.45, 2.75) is 26.6 Å². The first-order valence-electron chi connectivity index (χ1n) is 10.0. The van der Waals surface area contributed by atoms with Gasteiger partial charge in [-0.2, -0.15) is 18.3 Å². The lowest BCUT2D eigenvalue weighted by Crippen LogP contribution is -2.09. The van der Waals surface area contributed by atoms with Gasteiger partial charge in [-0.05, 0) is 66.4 Å². The van der Waals surface area contributed by atoms with Crippen molar-refractivity contribution >= 4 is 23.2 Å². The Hall–Kier alpha value is -2.96. The van der Waals surface area contributed by atoms with Crippen LogP contribution in [-0.2, 0) is 12.8 Å². The van der Waals surface area contributed by atoms with E-state index in [1.54, 1.807) is 18.2 Å². The fourth-order valence-corrected chi connectivity index (χ4v) is 4.06. The molecular weight excluding hydrogens is 472 g/mol. The summed E-state index contributed by atoms with van der Waals surface area (Å²) in [5, 5.41) is 4.06. The number of halogens is 5. The maximum Gasteiger partial charge on any atom is 0.435 e. The van der Waals surface area contributed by atoms with E-state index in [1.165, 1.54) is 23.3 Å². The third-order valence-corrected chi connectivity index (χ3v) is 5.99. The van der Waals surface area contributed by atoms with Crippen molar-refractivity contribution in [3.8, 4) is 22.6 Å². The summed E-state index contributed by atoms with van der Waals surface area (Å²) < 4.78 is 46.9. The monoisotopic (exact) mass is 490 g/mol. The number of nitrogens with zero attached hydrogens (tertiary/aromatic N) is 2. The Bertz CT molecular complexity index is 1280. The summed E-state index contributed by atoms with van der Waals surface area (Å²) in [6.07, 6.45) is -4.62. The minimum Gasteiger partial charge on any atom is -0.487 e. The predicted octanol–water partition coefficient (Wildman–Crippen LogP) is 8.06. The summed E-state index contributed by atoms with van der Waals surface area (Å²) in [6.45, 7) is 3.96. The van der Waals surface area contributed by atoms with Crippen LogP contribution in [0.4, 0.5) is 13.2 Å². The number of hydrogen-bond acceptors (Lipinski definition) is 2. The summed E-state index contributed by atoms with van der Waals surface area (Å²) in [6, 6.07) is 19.1. The van der Waals surface area contributed by atoms with Gasteiger partial charge in [0, 0.05) is 0 Å². The molecule has 0 N–H and O–H groups in total. The van der Waals surface area contributed by atoms with Crippen molar-refractivity contribution < 1.29 is 17.9 Å². The number of alkyl halides is 3. The molecule has 4 rings (SSSR count). The highest BCUT2D eigenvalue weighted by Gasteiger charge is 2.35. The van der Waals surface area contributed by atoms with Gasteiger partial charge < -0.3 is 4.74 Å². The highest BCUT2D eigenvalue weighted by atomic mass is 35.5. The fraction of sp³-hybridized carbons (Fsp3) is 0.160. The molecule has 3 aromatic carbocycles. The van der Waals surface area contributed by atoms with Gasteiger partial charge >= 0.3 is 6.18 Å². The zero-order valence-corrected chi connectivity index (χ0v) is 19.3. The molecule has 33 heavy (non-hydrogen) atoms. The molecule has 8 heteroatoms. The van der Waals surface area contributed by atoms with E-state index in [1.807, 2.05) is 24.3 Å². The summed E-state index contributed by atoms with van der Waals surface area (Å²) in [5.41, 5.74) is 3.79. The van der Waals surface area contributed by atoms with Gasteiger partial charge in [-0.25, -0.2) is 4.68 Å². The Morgan fingerprint density at radius 1 is 0.909 bits per heavy atom. The molecule has 0 aliphatic carbocycles. The van der Waals surface area contributed by atoms with Crippen molar-refractivity contribution in [2.75, 3.05) is 0 Å². The second-order valence-corrected chi connectivity index (χ2v) is 8.38. The molecule has 0 aliphatic heterocycles. The SMILES string of the molecule is Cc1cccc(-c2ccc(OCc3cc(C(F)(F)F)nn3-c3c(Cl)cccc3Cl)cc2)c1C. The van der Waals surface area contributed by atoms with Gasteiger partial charge in [-0.15, -0.1) is 0 Å². The summed E-state index contributed by atoms with van der Waals surface area (Å²) in [7, 11) is 0. The van der Waals surface area contributed by atoms with E-state index < -0.39 is 11.9 Å². The fourth-order valence-electron chi connectivity index (χ4n) is 3.50. The molecule has 0 atom stereocenters. The second kappa shape index (κ2) is 9.12. The number of aromatic nitrogens is 2. The molecule has 0 saturated carbocycles. The van der Waals surface area contributed by atoms with Crippen LogP contribution in [0.15, 0.2) is 66.7 Å². The number of ether oxygens (including phenoxy) is 1. The first-order chi connectivity index (χ1) is 15.6. The van der Waals surface area contributed by atoms with Crippen LogP contribution in [0, 0.1) is 13.8 Å². The van der Waals surface area contributed by atoms with Gasteiger partial charge in [-0.3, -0.25) is 0 Å². The smallest absolute Gasteiger partial charge is 0.435 e. The summed E-state index contributed by atoms with van der Waals surface area (Å²) in [4.78, 5) is 0. The Balaban J connectivity index is 1.62. The van der Waals surface area contributed by atoms with E-state index in [2.05, 4.69) is 25.0 Å². The minimum atomic E-state index is -4.62. The normalized spacial score (nSPS) is 11.6. The van der Waals surface area contributed by atoms with E-state index in [4.69, 9.17) is 27.9 Å². The molecule has 0 amide bonds. The number of rotatable bonds is 5. The lowest BCUT2D eigenvalue weighted by atomic mass is 9.97. The van der Waals surface area contributed by atoms with Crippen molar-refractivity contribution in [2.24, 2.45) is 0 Å². The van der Waals surface area contributed by atoms with Crippen LogP contribution in [0.5, 0.6) is 5.75 Å². The van der Waals surface area contributed by atoms with Crippen LogP contribution < -0.4 is 4.74 Å². The molecule has 0 spiro atoms. The molecule has 1 aromatic heterocycles. The molecule has 1 heterocycles. The Morgan fingerprint density at radius 2 is 1.55 bits per heavy atom. The van der Waals surface area contributed by atoms with Gasteiger partial charge in [0.15, 0.2) is 5.69 Å². The van der Waals surface area contributed by atoms with Crippen molar-refractivity contribution in [1.29, 1.82) is 0 Å². The van der Waals surface area contributed by atoms with Crippen molar-refractivity contribution in [3.63, 3.8) is 0 Å². The maximum absolute atomic E-state index is 13.3. The molecule has 3 nitrogen and oxygen atoms in total. The van der Waals surface area contributed by atoms with Gasteiger partial charge in [-0.1, -0.05) is 59.6 Å². The van der Waals surface area contributed by atoms with Gasteiger partial charge in [0.1, 0.15) is 18.0 Å². The maximum atomic E-state index is 13.3. The number of aryl methyl sites for hydroxylation is 1. The van der Waals surface area contributed by atoms with Crippen molar-refractivity contribution in [1.82, 2.24) is 9.78 Å². The third kappa shape index (κ3) is 4.87. The summed E-state index contributed by atoms with van der Waals surface area (Å²) >= 11 is 12.4. The van der Waals surface area contributed by atoms with Crippen LogP contribution in [-0.4, -0.2) is 9.78 Å². The average Bonchev–Trinajstić information content (AvgIpc) is 3.19. The van der Waals surface area contributed by atoms with Crippen molar-refractivity contribution in [3.05, 3.63) is 99.3 Å². The van der Waals surface area contributed by atoms with Crippen LogP contribution in [0.2, 0.25) is 10.0 Å². The molecule has 0 unspecified atom stereocenters. The van der Waals surface area contributed by atoms with Crippen LogP contribution >= 0.6 is 23.2 Å². The predicted molar refractivity (Wildman–Crippen MR) is 124 cm³/mol. The topological polar surface area (TPSA) is 27.1 Å². The van der Waals surface area contributed by atoms with E-state index >= 15 is 0 Å². The molecule has 0 fully saturated rings. The standard InChI is InChI=1S/C25H19Cl2F3N2O/c1-15-5-3-6-20(16(15)2)17-9-11-19(12-10-17)33-14-18-13-23(25(28,29)30)31-32(18)24-21(26)7-4-8-22(24)27/h3-13H,14H2,1-2H3. The lowest BCUT2D eigenvalue weighted by molar-refractivity contribution is -0.141. The Kier molecular flexibility index (Phi) is 6.41. The van der Waals surface area contributed by atoms with E-state index in [9.17, 15) is 13.2 Å². The van der Waals surface area contributed by atoms with Gasteiger partial charge in [0.05, 0.1) is 15.7 Å². The average molecular weight is 491 g/mol. The molecule has 0 radical (unpaired) electrons. The quantitative estimate of drug-likeness (QED) is 0.282. The molecule has 4 aromatic rings. The van der Waals surface area contributed by atoms with Crippen LogP contribution in [0.25, 0.3) is 16.8 Å². The molecule has 170 valence electrons. The van der Waals surface area contributed by atoms with E-state index in [0.29, 0.717) is 5.75 Å². The van der Waals surface area contributed by atoms with Crippen LogP contribution in [0.3, 0.4) is 0 Å². The number of para-hydroxylation sites is 1. The van der Waals surface area contributed by atoms with Crippen LogP contribution in [0.1, 0.15) is 22.5 Å². The highest BCUT2D eigenvalue weighted by molar-refractivity contribution is 6.37. The molecule has 0 aliphatic rings.